The molecule has 98 valence electrons. The van der Waals surface area contributed by atoms with Crippen molar-refractivity contribution < 1.29 is 4.79 Å². The molecule has 2 aromatic rings. The largest absolute Gasteiger partial charge is 0.382 e. The van der Waals surface area contributed by atoms with Crippen LogP contribution in [0.3, 0.4) is 0 Å². The van der Waals surface area contributed by atoms with Crippen molar-refractivity contribution in [3.63, 3.8) is 0 Å². The molecule has 0 bridgehead atoms. The van der Waals surface area contributed by atoms with Crippen molar-refractivity contribution >= 4 is 16.7 Å². The third-order valence-electron chi connectivity index (χ3n) is 3.55. The maximum atomic E-state index is 11.6. The topological polar surface area (TPSA) is 44.9 Å². The van der Waals surface area contributed by atoms with Crippen LogP contribution in [0.4, 0.5) is 0 Å². The molecule has 0 fully saturated rings. The standard InChI is InChI=1S/C16H18N2O/c19-16-8-4-3-7-15(16)17-10-9-13-11-12-5-1-2-6-14(12)18-13/h1-2,5-7,11,17-18H,3-4,8-10H2. The highest BCUT2D eigenvalue weighted by molar-refractivity contribution is 5.95. The van der Waals surface area contributed by atoms with Crippen molar-refractivity contribution in [2.75, 3.05) is 6.54 Å². The van der Waals surface area contributed by atoms with Gasteiger partial charge in [-0.25, -0.2) is 0 Å². The number of carbonyl (C=O) groups excluding carboxylic acids is 1. The van der Waals surface area contributed by atoms with Crippen molar-refractivity contribution in [2.24, 2.45) is 0 Å². The van der Waals surface area contributed by atoms with Gasteiger partial charge in [-0.1, -0.05) is 24.3 Å². The van der Waals surface area contributed by atoms with Gasteiger partial charge in [-0.15, -0.1) is 0 Å². The molecule has 0 spiro atoms. The summed E-state index contributed by atoms with van der Waals surface area (Å²) in [4.78, 5) is 15.0. The number of hydrogen-bond donors (Lipinski definition) is 2. The van der Waals surface area contributed by atoms with E-state index in [-0.39, 0.29) is 5.78 Å². The van der Waals surface area contributed by atoms with Gasteiger partial charge in [0.25, 0.3) is 0 Å². The van der Waals surface area contributed by atoms with E-state index in [1.807, 2.05) is 18.2 Å². The van der Waals surface area contributed by atoms with Crippen LogP contribution >= 0.6 is 0 Å². The lowest BCUT2D eigenvalue weighted by atomic mass is 10.0. The van der Waals surface area contributed by atoms with Gasteiger partial charge in [0.1, 0.15) is 0 Å². The summed E-state index contributed by atoms with van der Waals surface area (Å²) in [6, 6.07) is 10.4. The predicted octanol–water partition coefficient (Wildman–Crippen LogP) is 2.94. The highest BCUT2D eigenvalue weighted by Crippen LogP contribution is 2.15. The number of Topliss-reactive ketones (excluding diaryl/α,β-unsaturated/α-hetero) is 1. The van der Waals surface area contributed by atoms with Crippen molar-refractivity contribution in [3.8, 4) is 0 Å². The lowest BCUT2D eigenvalue weighted by Crippen LogP contribution is -2.24. The molecule has 0 saturated heterocycles. The average Bonchev–Trinajstić information content (AvgIpc) is 2.83. The Morgan fingerprint density at radius 1 is 1.26 bits per heavy atom. The van der Waals surface area contributed by atoms with E-state index in [0.29, 0.717) is 6.42 Å². The van der Waals surface area contributed by atoms with Crippen LogP contribution in [0.2, 0.25) is 0 Å². The molecule has 3 rings (SSSR count). The second kappa shape index (κ2) is 5.31. The van der Waals surface area contributed by atoms with Crippen LogP contribution in [0.15, 0.2) is 42.1 Å². The number of fused-ring (bicyclic) bond motifs is 1. The summed E-state index contributed by atoms with van der Waals surface area (Å²) in [6.07, 6.45) is 5.62. The SMILES string of the molecule is O=C1CCCC=C1NCCc1cc2ccccc2[nH]1. The van der Waals surface area contributed by atoms with Crippen molar-refractivity contribution in [3.05, 3.63) is 47.8 Å². The van der Waals surface area contributed by atoms with Gasteiger partial charge in [0.2, 0.25) is 0 Å². The molecule has 3 nitrogen and oxygen atoms in total. The summed E-state index contributed by atoms with van der Waals surface area (Å²) in [5.41, 5.74) is 3.19. The van der Waals surface area contributed by atoms with E-state index in [1.165, 1.54) is 16.6 Å². The molecule has 0 saturated carbocycles. The first kappa shape index (κ1) is 12.0. The molecule has 19 heavy (non-hydrogen) atoms. The molecule has 2 N–H and O–H groups in total. The number of ketones is 1. The van der Waals surface area contributed by atoms with Gasteiger partial charge < -0.3 is 10.3 Å². The van der Waals surface area contributed by atoms with Crippen LogP contribution in [-0.4, -0.2) is 17.3 Å². The van der Waals surface area contributed by atoms with Gasteiger partial charge in [-0.05, 0) is 30.4 Å². The van der Waals surface area contributed by atoms with Crippen molar-refractivity contribution in [1.29, 1.82) is 0 Å². The Labute approximate surface area is 112 Å². The molecule has 1 aromatic heterocycles. The lowest BCUT2D eigenvalue weighted by molar-refractivity contribution is -0.116. The van der Waals surface area contributed by atoms with Crippen molar-refractivity contribution in [2.45, 2.75) is 25.7 Å². The average molecular weight is 254 g/mol. The van der Waals surface area contributed by atoms with E-state index in [1.54, 1.807) is 0 Å². The molecular weight excluding hydrogens is 236 g/mol. The third-order valence-corrected chi connectivity index (χ3v) is 3.55. The summed E-state index contributed by atoms with van der Waals surface area (Å²) < 4.78 is 0. The van der Waals surface area contributed by atoms with Gasteiger partial charge in [0, 0.05) is 30.6 Å². The Balaban J connectivity index is 1.60. The first-order valence-electron chi connectivity index (χ1n) is 6.87. The number of hydrogen-bond acceptors (Lipinski definition) is 2. The second-order valence-electron chi connectivity index (χ2n) is 4.99. The molecule has 1 heterocycles. The summed E-state index contributed by atoms with van der Waals surface area (Å²) >= 11 is 0. The van der Waals surface area contributed by atoms with Gasteiger partial charge in [-0.2, -0.15) is 0 Å². The fourth-order valence-electron chi connectivity index (χ4n) is 2.53. The monoisotopic (exact) mass is 254 g/mol. The molecule has 0 unspecified atom stereocenters. The number of rotatable bonds is 4. The molecule has 3 heteroatoms. The van der Waals surface area contributed by atoms with Crippen LogP contribution in [-0.2, 0) is 11.2 Å². The highest BCUT2D eigenvalue weighted by Gasteiger charge is 2.12. The van der Waals surface area contributed by atoms with Crippen LogP contribution in [0.1, 0.15) is 25.0 Å². The molecular formula is C16H18N2O. The first-order chi connectivity index (χ1) is 9.33. The zero-order valence-electron chi connectivity index (χ0n) is 10.9. The fourth-order valence-corrected chi connectivity index (χ4v) is 2.53. The maximum Gasteiger partial charge on any atom is 0.178 e. The normalized spacial score (nSPS) is 15.6. The quantitative estimate of drug-likeness (QED) is 0.881. The summed E-state index contributed by atoms with van der Waals surface area (Å²) in [5.74, 6) is 0.253. The van der Waals surface area contributed by atoms with E-state index in [9.17, 15) is 4.79 Å². The Morgan fingerprint density at radius 3 is 3.00 bits per heavy atom. The number of para-hydroxylation sites is 1. The number of carbonyl (C=O) groups is 1. The minimum absolute atomic E-state index is 0.253. The predicted molar refractivity (Wildman–Crippen MR) is 76.9 cm³/mol. The van der Waals surface area contributed by atoms with Gasteiger partial charge in [0.05, 0.1) is 5.70 Å². The summed E-state index contributed by atoms with van der Waals surface area (Å²) in [6.45, 7) is 0.796. The zero-order chi connectivity index (χ0) is 13.1. The number of aromatic nitrogens is 1. The molecule has 0 aliphatic heterocycles. The minimum atomic E-state index is 0.253. The number of nitrogens with one attached hydrogen (secondary N) is 2. The number of H-pyrrole nitrogens is 1. The van der Waals surface area contributed by atoms with Crippen LogP contribution in [0, 0.1) is 0 Å². The maximum absolute atomic E-state index is 11.6. The van der Waals surface area contributed by atoms with E-state index >= 15 is 0 Å². The van der Waals surface area contributed by atoms with Crippen LogP contribution in [0.5, 0.6) is 0 Å². The Kier molecular flexibility index (Phi) is 3.36. The number of aromatic amines is 1. The fraction of sp³-hybridized carbons (Fsp3) is 0.312. The highest BCUT2D eigenvalue weighted by atomic mass is 16.1. The molecule has 1 aliphatic carbocycles. The van der Waals surface area contributed by atoms with Crippen LogP contribution < -0.4 is 5.32 Å². The minimum Gasteiger partial charge on any atom is -0.382 e. The van der Waals surface area contributed by atoms with E-state index in [4.69, 9.17) is 0 Å². The number of benzene rings is 1. The van der Waals surface area contributed by atoms with Crippen molar-refractivity contribution in [1.82, 2.24) is 10.3 Å². The smallest absolute Gasteiger partial charge is 0.178 e. The summed E-state index contributed by atoms with van der Waals surface area (Å²) in [7, 11) is 0. The van der Waals surface area contributed by atoms with Gasteiger partial charge in [0.15, 0.2) is 5.78 Å². The third kappa shape index (κ3) is 2.70. The Morgan fingerprint density at radius 2 is 2.16 bits per heavy atom. The molecule has 0 amide bonds. The number of allylic oxidation sites excluding steroid dienone is 2. The van der Waals surface area contributed by atoms with Gasteiger partial charge in [-0.3, -0.25) is 4.79 Å². The van der Waals surface area contributed by atoms with E-state index < -0.39 is 0 Å². The first-order valence-corrected chi connectivity index (χ1v) is 6.87. The molecule has 0 radical (unpaired) electrons. The second-order valence-corrected chi connectivity index (χ2v) is 4.99. The van der Waals surface area contributed by atoms with E-state index in [2.05, 4.69) is 28.5 Å². The zero-order valence-corrected chi connectivity index (χ0v) is 10.9. The molecule has 1 aliphatic rings. The Hall–Kier alpha value is -2.03. The molecule has 1 aromatic carbocycles. The van der Waals surface area contributed by atoms with E-state index in [0.717, 1.165) is 31.5 Å². The van der Waals surface area contributed by atoms with Gasteiger partial charge >= 0.3 is 0 Å². The summed E-state index contributed by atoms with van der Waals surface area (Å²) in [5, 5.41) is 4.50. The Bertz CT molecular complexity index is 591. The lowest BCUT2D eigenvalue weighted by Gasteiger charge is -2.13. The molecule has 0 atom stereocenters. The van der Waals surface area contributed by atoms with Crippen LogP contribution in [0.25, 0.3) is 10.9 Å².